The molecular weight excluding hydrogens is 363 g/mol. The van der Waals surface area contributed by atoms with Gasteiger partial charge in [0.15, 0.2) is 0 Å². The second-order valence-corrected chi connectivity index (χ2v) is 6.83. The summed E-state index contributed by atoms with van der Waals surface area (Å²) in [6.07, 6.45) is 0. The molecule has 3 rings (SSSR count). The number of rotatable bonds is 2. The van der Waals surface area contributed by atoms with Crippen LogP contribution < -0.4 is 0 Å². The smallest absolute Gasteiger partial charge is 0.0850 e. The first kappa shape index (κ1) is 13.4. The monoisotopic (exact) mass is 370 g/mol. The van der Waals surface area contributed by atoms with Crippen LogP contribution in [-0.2, 0) is 0 Å². The standard InChI is InChI=1S/C15H9BrCl2S/c16-12-6-5-9(7-13(12)17)15(18)11-8-19-14-4-2-1-3-10(11)14/h1-8,15H. The fourth-order valence-electron chi connectivity index (χ4n) is 2.04. The zero-order valence-corrected chi connectivity index (χ0v) is 13.7. The molecule has 1 heterocycles. The zero-order chi connectivity index (χ0) is 13.4. The van der Waals surface area contributed by atoms with Crippen LogP contribution in [0.15, 0.2) is 52.3 Å². The predicted octanol–water partition coefficient (Wildman–Crippen LogP) is 6.65. The molecule has 0 saturated heterocycles. The van der Waals surface area contributed by atoms with Gasteiger partial charge in [-0.2, -0.15) is 0 Å². The molecule has 0 N–H and O–H groups in total. The molecule has 0 bridgehead atoms. The van der Waals surface area contributed by atoms with E-state index in [0.29, 0.717) is 5.02 Å². The Morgan fingerprint density at radius 3 is 2.68 bits per heavy atom. The van der Waals surface area contributed by atoms with Crippen molar-refractivity contribution in [1.29, 1.82) is 0 Å². The van der Waals surface area contributed by atoms with Gasteiger partial charge in [0.25, 0.3) is 0 Å². The number of hydrogen-bond acceptors (Lipinski definition) is 1. The predicted molar refractivity (Wildman–Crippen MR) is 88.7 cm³/mol. The molecular formula is C15H9BrCl2S. The Morgan fingerprint density at radius 2 is 1.89 bits per heavy atom. The highest BCUT2D eigenvalue weighted by molar-refractivity contribution is 9.10. The molecule has 0 aliphatic carbocycles. The van der Waals surface area contributed by atoms with Crippen molar-refractivity contribution in [1.82, 2.24) is 0 Å². The highest BCUT2D eigenvalue weighted by Crippen LogP contribution is 2.38. The molecule has 0 fully saturated rings. The molecule has 0 amide bonds. The van der Waals surface area contributed by atoms with Gasteiger partial charge in [-0.15, -0.1) is 22.9 Å². The van der Waals surface area contributed by atoms with E-state index in [1.54, 1.807) is 11.3 Å². The number of halogens is 3. The van der Waals surface area contributed by atoms with E-state index >= 15 is 0 Å². The molecule has 0 saturated carbocycles. The van der Waals surface area contributed by atoms with Gasteiger partial charge in [0.1, 0.15) is 0 Å². The zero-order valence-electron chi connectivity index (χ0n) is 9.74. The fraction of sp³-hybridized carbons (Fsp3) is 0.0667. The lowest BCUT2D eigenvalue weighted by atomic mass is 10.0. The molecule has 1 atom stereocenters. The van der Waals surface area contributed by atoms with E-state index in [9.17, 15) is 0 Å². The molecule has 0 aliphatic heterocycles. The van der Waals surface area contributed by atoms with Crippen LogP contribution in [0, 0.1) is 0 Å². The molecule has 0 spiro atoms. The summed E-state index contributed by atoms with van der Waals surface area (Å²) in [6.45, 7) is 0. The summed E-state index contributed by atoms with van der Waals surface area (Å²) in [5, 5.41) is 3.84. The molecule has 96 valence electrons. The number of alkyl halides is 1. The molecule has 3 aromatic rings. The van der Waals surface area contributed by atoms with Crippen molar-refractivity contribution in [2.45, 2.75) is 5.38 Å². The van der Waals surface area contributed by atoms with Crippen molar-refractivity contribution >= 4 is 60.6 Å². The van der Waals surface area contributed by atoms with Crippen LogP contribution in [0.25, 0.3) is 10.1 Å². The average molecular weight is 372 g/mol. The highest BCUT2D eigenvalue weighted by Gasteiger charge is 2.16. The van der Waals surface area contributed by atoms with E-state index in [2.05, 4.69) is 33.4 Å². The minimum Gasteiger partial charge on any atom is -0.143 e. The second-order valence-electron chi connectivity index (χ2n) is 4.22. The lowest BCUT2D eigenvalue weighted by Crippen LogP contribution is -1.92. The van der Waals surface area contributed by atoms with Gasteiger partial charge < -0.3 is 0 Å². The number of hydrogen-bond donors (Lipinski definition) is 0. The van der Waals surface area contributed by atoms with Crippen molar-refractivity contribution in [3.05, 3.63) is 68.5 Å². The third kappa shape index (κ3) is 2.55. The van der Waals surface area contributed by atoms with Gasteiger partial charge in [0, 0.05) is 9.17 Å². The summed E-state index contributed by atoms with van der Waals surface area (Å²) in [6, 6.07) is 14.1. The summed E-state index contributed by atoms with van der Waals surface area (Å²) in [5.74, 6) is 0. The van der Waals surface area contributed by atoms with E-state index in [0.717, 1.165) is 15.6 Å². The first-order valence-corrected chi connectivity index (χ1v) is 8.20. The van der Waals surface area contributed by atoms with Gasteiger partial charge in [-0.3, -0.25) is 0 Å². The first-order valence-electron chi connectivity index (χ1n) is 5.72. The molecule has 1 aromatic heterocycles. The Bertz CT molecular complexity index is 736. The van der Waals surface area contributed by atoms with Gasteiger partial charge in [-0.05, 0) is 56.0 Å². The Balaban J connectivity index is 2.08. The van der Waals surface area contributed by atoms with Crippen molar-refractivity contribution in [3.63, 3.8) is 0 Å². The Hall–Kier alpha value is -0.540. The summed E-state index contributed by atoms with van der Waals surface area (Å²) in [4.78, 5) is 0. The van der Waals surface area contributed by atoms with Gasteiger partial charge in [0.2, 0.25) is 0 Å². The Morgan fingerprint density at radius 1 is 1.11 bits per heavy atom. The van der Waals surface area contributed by atoms with Crippen molar-refractivity contribution in [2.75, 3.05) is 0 Å². The van der Waals surface area contributed by atoms with Crippen molar-refractivity contribution in [3.8, 4) is 0 Å². The van der Waals surface area contributed by atoms with Gasteiger partial charge in [0.05, 0.1) is 10.4 Å². The van der Waals surface area contributed by atoms with E-state index in [-0.39, 0.29) is 5.38 Å². The van der Waals surface area contributed by atoms with E-state index in [1.807, 2.05) is 30.3 Å². The molecule has 4 heteroatoms. The Kier molecular flexibility index (Phi) is 3.86. The topological polar surface area (TPSA) is 0 Å². The van der Waals surface area contributed by atoms with Crippen LogP contribution in [-0.4, -0.2) is 0 Å². The highest BCUT2D eigenvalue weighted by atomic mass is 79.9. The molecule has 1 unspecified atom stereocenters. The maximum atomic E-state index is 6.61. The third-order valence-corrected chi connectivity index (χ3v) is 5.72. The largest absolute Gasteiger partial charge is 0.143 e. The average Bonchev–Trinajstić information content (AvgIpc) is 2.85. The normalized spacial score (nSPS) is 12.8. The lowest BCUT2D eigenvalue weighted by molar-refractivity contribution is 1.17. The van der Waals surface area contributed by atoms with Crippen LogP contribution in [0.5, 0.6) is 0 Å². The van der Waals surface area contributed by atoms with E-state index < -0.39 is 0 Å². The number of benzene rings is 2. The summed E-state index contributed by atoms with van der Waals surface area (Å²) >= 11 is 17.9. The van der Waals surface area contributed by atoms with Crippen LogP contribution in [0.2, 0.25) is 5.02 Å². The number of fused-ring (bicyclic) bond motifs is 1. The number of thiophene rings is 1. The molecule has 2 aromatic carbocycles. The van der Waals surface area contributed by atoms with Crippen molar-refractivity contribution in [2.24, 2.45) is 0 Å². The quantitative estimate of drug-likeness (QED) is 0.442. The summed E-state index contributed by atoms with van der Waals surface area (Å²) in [5.41, 5.74) is 2.15. The minimum atomic E-state index is -0.179. The maximum Gasteiger partial charge on any atom is 0.0850 e. The molecule has 19 heavy (non-hydrogen) atoms. The SMILES string of the molecule is Clc1cc(C(Cl)c2csc3ccccc23)ccc1Br. The molecule has 0 aliphatic rings. The molecule has 0 radical (unpaired) electrons. The fourth-order valence-corrected chi connectivity index (χ4v) is 3.86. The van der Waals surface area contributed by atoms with Crippen LogP contribution in [0.3, 0.4) is 0 Å². The van der Waals surface area contributed by atoms with Crippen LogP contribution in [0.4, 0.5) is 0 Å². The first-order chi connectivity index (χ1) is 9.16. The maximum absolute atomic E-state index is 6.61. The second kappa shape index (κ2) is 5.45. The summed E-state index contributed by atoms with van der Waals surface area (Å²) < 4.78 is 2.14. The van der Waals surface area contributed by atoms with Gasteiger partial charge >= 0.3 is 0 Å². The van der Waals surface area contributed by atoms with Crippen molar-refractivity contribution < 1.29 is 0 Å². The van der Waals surface area contributed by atoms with Crippen LogP contribution in [0.1, 0.15) is 16.5 Å². The van der Waals surface area contributed by atoms with Gasteiger partial charge in [-0.1, -0.05) is 35.9 Å². The van der Waals surface area contributed by atoms with Gasteiger partial charge in [-0.25, -0.2) is 0 Å². The van der Waals surface area contributed by atoms with E-state index in [4.69, 9.17) is 23.2 Å². The summed E-state index contributed by atoms with van der Waals surface area (Å²) in [7, 11) is 0. The minimum absolute atomic E-state index is 0.179. The Labute approximate surface area is 134 Å². The third-order valence-electron chi connectivity index (χ3n) is 3.02. The van der Waals surface area contributed by atoms with E-state index in [1.165, 1.54) is 10.1 Å². The molecule has 0 nitrogen and oxygen atoms in total. The van der Waals surface area contributed by atoms with Crippen LogP contribution >= 0.6 is 50.5 Å². The lowest BCUT2D eigenvalue weighted by Gasteiger charge is -2.10.